The average Bonchev–Trinajstić information content (AvgIpc) is 3.55. The van der Waals surface area contributed by atoms with Crippen LogP contribution in [-0.2, 0) is 0 Å². The van der Waals surface area contributed by atoms with Gasteiger partial charge in [-0.15, -0.1) is 0 Å². The van der Waals surface area contributed by atoms with Gasteiger partial charge in [0, 0.05) is 13.1 Å². The number of alkyl halides is 3. The lowest BCUT2D eigenvalue weighted by atomic mass is 10.1. The smallest absolute Gasteiger partial charge is 0.393 e. The van der Waals surface area contributed by atoms with Gasteiger partial charge in [0.2, 0.25) is 0 Å². The molecule has 2 aromatic carbocycles. The molecule has 36 heavy (non-hydrogen) atoms. The molecule has 4 aromatic rings. The van der Waals surface area contributed by atoms with E-state index in [1.54, 1.807) is 6.07 Å². The highest BCUT2D eigenvalue weighted by molar-refractivity contribution is 5.60. The Hall–Kier alpha value is -4.15. The first kappa shape index (κ1) is 23.6. The van der Waals surface area contributed by atoms with Crippen molar-refractivity contribution < 1.29 is 22.3 Å². The van der Waals surface area contributed by atoms with Crippen molar-refractivity contribution in [2.75, 3.05) is 25.1 Å². The zero-order valence-electron chi connectivity index (χ0n) is 19.1. The molecule has 1 unspecified atom stereocenters. The van der Waals surface area contributed by atoms with Crippen molar-refractivity contribution >= 4 is 5.69 Å². The van der Waals surface area contributed by atoms with E-state index >= 15 is 4.39 Å². The molecule has 1 saturated heterocycles. The molecule has 1 aliphatic heterocycles. The van der Waals surface area contributed by atoms with E-state index in [1.807, 2.05) is 30.3 Å². The van der Waals surface area contributed by atoms with E-state index in [-0.39, 0.29) is 42.3 Å². The Kier molecular flexibility index (Phi) is 5.99. The summed E-state index contributed by atoms with van der Waals surface area (Å²) in [7, 11) is 1.31. The lowest BCUT2D eigenvalue weighted by Gasteiger charge is -2.22. The maximum Gasteiger partial charge on any atom is 0.393 e. The summed E-state index contributed by atoms with van der Waals surface area (Å²) in [6.07, 6.45) is -1.68. The Morgan fingerprint density at radius 2 is 1.78 bits per heavy atom. The van der Waals surface area contributed by atoms with Gasteiger partial charge in [0.15, 0.2) is 17.3 Å². The molecule has 5 rings (SSSR count). The molecule has 11 heteroatoms. The third kappa shape index (κ3) is 4.21. The molecule has 1 aliphatic rings. The summed E-state index contributed by atoms with van der Waals surface area (Å²) < 4.78 is 63.1. The summed E-state index contributed by atoms with van der Waals surface area (Å²) in [4.78, 5) is 14.5. The van der Waals surface area contributed by atoms with Gasteiger partial charge in [-0.3, -0.25) is 4.79 Å². The third-order valence-corrected chi connectivity index (χ3v) is 6.19. The minimum Gasteiger partial charge on any atom is -0.491 e. The predicted octanol–water partition coefficient (Wildman–Crippen LogP) is 4.62. The largest absolute Gasteiger partial charge is 0.491 e. The number of rotatable bonds is 5. The summed E-state index contributed by atoms with van der Waals surface area (Å²) in [6.45, 7) is -0.251. The van der Waals surface area contributed by atoms with Crippen LogP contribution in [0.2, 0.25) is 0 Å². The number of anilines is 1. The zero-order chi connectivity index (χ0) is 25.4. The van der Waals surface area contributed by atoms with Crippen LogP contribution in [0.3, 0.4) is 0 Å². The Labute approximate surface area is 203 Å². The second-order valence-electron chi connectivity index (χ2n) is 8.37. The predicted molar refractivity (Wildman–Crippen MR) is 125 cm³/mol. The molecule has 7 nitrogen and oxygen atoms in total. The molecule has 0 amide bonds. The van der Waals surface area contributed by atoms with Crippen LogP contribution >= 0.6 is 0 Å². The number of methoxy groups -OCH3 is 1. The lowest BCUT2D eigenvalue weighted by molar-refractivity contribution is -0.168. The minimum absolute atomic E-state index is 0.0289. The van der Waals surface area contributed by atoms with E-state index < -0.39 is 23.3 Å². The highest BCUT2D eigenvalue weighted by Crippen LogP contribution is 2.37. The van der Waals surface area contributed by atoms with Gasteiger partial charge in [-0.25, -0.2) is 13.8 Å². The number of nitrogens with zero attached hydrogens (tertiary/aromatic N) is 5. The van der Waals surface area contributed by atoms with Crippen molar-refractivity contribution in [2.45, 2.75) is 12.6 Å². The van der Waals surface area contributed by atoms with Gasteiger partial charge < -0.3 is 9.64 Å². The van der Waals surface area contributed by atoms with E-state index in [4.69, 9.17) is 4.74 Å². The Bertz CT molecular complexity index is 1450. The summed E-state index contributed by atoms with van der Waals surface area (Å²) in [5.74, 6) is -2.35. The minimum atomic E-state index is -4.34. The monoisotopic (exact) mass is 499 g/mol. The van der Waals surface area contributed by atoms with E-state index in [1.165, 1.54) is 47.3 Å². The normalized spacial score (nSPS) is 15.9. The highest BCUT2D eigenvalue weighted by atomic mass is 19.4. The maximum absolute atomic E-state index is 15.7. The number of hydrogen-bond donors (Lipinski definition) is 0. The van der Waals surface area contributed by atoms with Crippen molar-refractivity contribution in [1.82, 2.24) is 19.6 Å². The highest BCUT2D eigenvalue weighted by Gasteiger charge is 2.44. The summed E-state index contributed by atoms with van der Waals surface area (Å²) in [6, 6.07) is 15.1. The van der Waals surface area contributed by atoms with Crippen molar-refractivity contribution in [3.8, 4) is 28.5 Å². The van der Waals surface area contributed by atoms with Gasteiger partial charge in [-0.05, 0) is 36.8 Å². The molecular weight excluding hydrogens is 478 g/mol. The van der Waals surface area contributed by atoms with Crippen LogP contribution < -0.4 is 15.1 Å². The Morgan fingerprint density at radius 3 is 2.47 bits per heavy atom. The summed E-state index contributed by atoms with van der Waals surface area (Å²) >= 11 is 0. The molecule has 2 aromatic heterocycles. The third-order valence-electron chi connectivity index (χ3n) is 6.19. The fourth-order valence-corrected chi connectivity index (χ4v) is 4.34. The van der Waals surface area contributed by atoms with Crippen LogP contribution in [0.15, 0.2) is 71.8 Å². The lowest BCUT2D eigenvalue weighted by Crippen LogP contribution is -2.28. The summed E-state index contributed by atoms with van der Waals surface area (Å²) in [5, 5.41) is 8.68. The number of halogens is 4. The number of ether oxygens (including phenoxy) is 1. The quantitative estimate of drug-likeness (QED) is 0.375. The van der Waals surface area contributed by atoms with E-state index in [0.717, 1.165) is 4.68 Å². The standard InChI is InChI=1S/C25H21F4N5O2/c1-36-21-15-33(19-9-5-8-18(22(19)26)32-13-11-16(14-32)25(27,28)29)31-23(24(21)35)20-10-12-30-34(20)17-6-3-2-4-7-17/h2-10,12,15-16H,11,13-14H2,1H3. The number of aromatic nitrogens is 4. The van der Waals surface area contributed by atoms with Gasteiger partial charge in [-0.2, -0.15) is 23.4 Å². The van der Waals surface area contributed by atoms with Crippen LogP contribution in [0.1, 0.15) is 6.42 Å². The van der Waals surface area contributed by atoms with Crippen molar-refractivity contribution in [2.24, 2.45) is 5.92 Å². The number of para-hydroxylation sites is 1. The Balaban J connectivity index is 1.59. The van der Waals surface area contributed by atoms with Crippen LogP contribution in [0.5, 0.6) is 5.75 Å². The van der Waals surface area contributed by atoms with Crippen LogP contribution in [0.25, 0.3) is 22.8 Å². The molecular formula is C25H21F4N5O2. The van der Waals surface area contributed by atoms with Crippen molar-refractivity contribution in [3.63, 3.8) is 0 Å². The summed E-state index contributed by atoms with van der Waals surface area (Å²) in [5.41, 5.74) is 0.509. The zero-order valence-corrected chi connectivity index (χ0v) is 19.1. The van der Waals surface area contributed by atoms with E-state index in [0.29, 0.717) is 11.4 Å². The maximum atomic E-state index is 15.7. The molecule has 1 fully saturated rings. The molecule has 186 valence electrons. The molecule has 3 heterocycles. The molecule has 0 spiro atoms. The topological polar surface area (TPSA) is 65.2 Å². The first-order chi connectivity index (χ1) is 17.3. The molecule has 0 radical (unpaired) electrons. The van der Waals surface area contributed by atoms with Gasteiger partial charge in [0.25, 0.3) is 5.43 Å². The van der Waals surface area contributed by atoms with E-state index in [9.17, 15) is 18.0 Å². The van der Waals surface area contributed by atoms with Gasteiger partial charge in [-0.1, -0.05) is 24.3 Å². The Morgan fingerprint density at radius 1 is 1.03 bits per heavy atom. The SMILES string of the molecule is COc1cn(-c2cccc(N3CCC(C(F)(F)F)C3)c2F)nc(-c2ccnn2-c2ccccc2)c1=O. The second-order valence-corrected chi connectivity index (χ2v) is 8.37. The van der Waals surface area contributed by atoms with E-state index in [2.05, 4.69) is 10.2 Å². The molecule has 1 atom stereocenters. The van der Waals surface area contributed by atoms with Crippen molar-refractivity contribution in [1.29, 1.82) is 0 Å². The number of hydrogen-bond acceptors (Lipinski definition) is 5. The van der Waals surface area contributed by atoms with Crippen LogP contribution in [0.4, 0.5) is 23.2 Å². The average molecular weight is 499 g/mol. The van der Waals surface area contributed by atoms with Gasteiger partial charge in [0.05, 0.1) is 42.5 Å². The van der Waals surface area contributed by atoms with Gasteiger partial charge >= 0.3 is 6.18 Å². The van der Waals surface area contributed by atoms with Crippen LogP contribution in [-0.4, -0.2) is 45.9 Å². The second kappa shape index (κ2) is 9.14. The number of benzene rings is 2. The molecule has 0 saturated carbocycles. The van der Waals surface area contributed by atoms with Gasteiger partial charge in [0.1, 0.15) is 5.69 Å². The fourth-order valence-electron chi connectivity index (χ4n) is 4.34. The molecule has 0 N–H and O–H groups in total. The molecule has 0 bridgehead atoms. The first-order valence-electron chi connectivity index (χ1n) is 11.2. The first-order valence-corrected chi connectivity index (χ1v) is 11.2. The molecule has 0 aliphatic carbocycles. The van der Waals surface area contributed by atoms with Crippen LogP contribution in [0, 0.1) is 11.7 Å². The fraction of sp³-hybridized carbons (Fsp3) is 0.240. The van der Waals surface area contributed by atoms with Crippen molar-refractivity contribution in [3.05, 3.63) is 83.0 Å².